The molecule has 2 rings (SSSR count). The molecule has 22 heavy (non-hydrogen) atoms. The molecule has 0 radical (unpaired) electrons. The molecule has 1 aliphatic heterocycles. The van der Waals surface area contributed by atoms with Gasteiger partial charge in [0.2, 0.25) is 0 Å². The first kappa shape index (κ1) is 15.9. The van der Waals surface area contributed by atoms with Crippen molar-refractivity contribution in [2.75, 3.05) is 34.4 Å². The quantitative estimate of drug-likeness (QED) is 0.800. The average Bonchev–Trinajstić information content (AvgIpc) is 2.59. The Balaban J connectivity index is 2.46. The monoisotopic (exact) mass is 305 g/mol. The smallest absolute Gasteiger partial charge is 0.409 e. The topological polar surface area (TPSA) is 65.1 Å². The number of hydrogen-bond acceptors (Lipinski definition) is 5. The van der Waals surface area contributed by atoms with Gasteiger partial charge < -0.3 is 19.1 Å². The second-order valence-corrected chi connectivity index (χ2v) is 4.79. The van der Waals surface area contributed by atoms with E-state index >= 15 is 0 Å². The van der Waals surface area contributed by atoms with Crippen molar-refractivity contribution in [2.24, 2.45) is 0 Å². The Morgan fingerprint density at radius 3 is 2.45 bits per heavy atom. The van der Waals surface area contributed by atoms with Crippen molar-refractivity contribution < 1.29 is 23.8 Å². The molecular formula is C16H19NO5. The second-order valence-electron chi connectivity index (χ2n) is 4.79. The summed E-state index contributed by atoms with van der Waals surface area (Å²) >= 11 is 0. The highest BCUT2D eigenvalue weighted by molar-refractivity contribution is 5.99. The molecule has 1 amide bonds. The molecule has 0 atom stereocenters. The van der Waals surface area contributed by atoms with Gasteiger partial charge in [0.15, 0.2) is 0 Å². The lowest BCUT2D eigenvalue weighted by molar-refractivity contribution is -0.136. The lowest BCUT2D eigenvalue weighted by Crippen LogP contribution is -2.38. The van der Waals surface area contributed by atoms with Gasteiger partial charge in [-0.3, -0.25) is 0 Å². The Morgan fingerprint density at radius 2 is 1.82 bits per heavy atom. The van der Waals surface area contributed by atoms with Crippen LogP contribution in [0, 0.1) is 0 Å². The van der Waals surface area contributed by atoms with Crippen molar-refractivity contribution in [2.45, 2.75) is 6.42 Å². The number of methoxy groups -OCH3 is 3. The van der Waals surface area contributed by atoms with Crippen molar-refractivity contribution in [3.63, 3.8) is 0 Å². The van der Waals surface area contributed by atoms with E-state index in [2.05, 4.69) is 0 Å². The van der Waals surface area contributed by atoms with Gasteiger partial charge in [-0.2, -0.15) is 0 Å². The summed E-state index contributed by atoms with van der Waals surface area (Å²) in [6.45, 7) is 0.632. The highest BCUT2D eigenvalue weighted by Crippen LogP contribution is 2.34. The molecule has 1 heterocycles. The molecule has 0 spiro atoms. The van der Waals surface area contributed by atoms with Crippen LogP contribution in [-0.2, 0) is 14.3 Å². The number of benzene rings is 1. The van der Waals surface area contributed by atoms with E-state index in [1.807, 2.05) is 24.3 Å². The molecule has 0 N–H and O–H groups in total. The predicted molar refractivity (Wildman–Crippen MR) is 80.5 cm³/mol. The molecule has 0 aliphatic carbocycles. The summed E-state index contributed by atoms with van der Waals surface area (Å²) in [5, 5.41) is 0. The third-order valence-corrected chi connectivity index (χ3v) is 3.64. The summed E-state index contributed by atoms with van der Waals surface area (Å²) in [5.74, 6) is 0.236. The summed E-state index contributed by atoms with van der Waals surface area (Å²) < 4.78 is 14.9. The molecule has 0 aromatic heterocycles. The van der Waals surface area contributed by atoms with Gasteiger partial charge >= 0.3 is 12.1 Å². The van der Waals surface area contributed by atoms with E-state index in [-0.39, 0.29) is 6.54 Å². The Hall–Kier alpha value is -2.50. The van der Waals surface area contributed by atoms with Gasteiger partial charge in [-0.15, -0.1) is 0 Å². The summed E-state index contributed by atoms with van der Waals surface area (Å²) in [5.41, 5.74) is 2.13. The molecule has 0 unspecified atom stereocenters. The van der Waals surface area contributed by atoms with Crippen LogP contribution in [0.2, 0.25) is 0 Å². The van der Waals surface area contributed by atoms with Crippen LogP contribution in [0.3, 0.4) is 0 Å². The van der Waals surface area contributed by atoms with Gasteiger partial charge in [0.05, 0.1) is 33.4 Å². The first-order chi connectivity index (χ1) is 10.6. The number of amides is 1. The lowest BCUT2D eigenvalue weighted by Gasteiger charge is -2.29. The minimum atomic E-state index is -0.458. The van der Waals surface area contributed by atoms with E-state index in [0.29, 0.717) is 24.3 Å². The highest BCUT2D eigenvalue weighted by Gasteiger charge is 2.29. The zero-order chi connectivity index (χ0) is 16.1. The fourth-order valence-corrected chi connectivity index (χ4v) is 2.55. The maximum absolute atomic E-state index is 12.1. The van der Waals surface area contributed by atoms with E-state index in [0.717, 1.165) is 11.1 Å². The third kappa shape index (κ3) is 3.05. The largest absolute Gasteiger partial charge is 0.496 e. The summed E-state index contributed by atoms with van der Waals surface area (Å²) in [4.78, 5) is 25.3. The van der Waals surface area contributed by atoms with E-state index in [1.54, 1.807) is 7.11 Å². The molecule has 0 saturated carbocycles. The zero-order valence-corrected chi connectivity index (χ0v) is 12.9. The molecule has 6 nitrogen and oxygen atoms in total. The van der Waals surface area contributed by atoms with Gasteiger partial charge in [-0.1, -0.05) is 18.2 Å². The van der Waals surface area contributed by atoms with Crippen molar-refractivity contribution >= 4 is 17.6 Å². The third-order valence-electron chi connectivity index (χ3n) is 3.64. The number of ether oxygens (including phenoxy) is 3. The summed E-state index contributed by atoms with van der Waals surface area (Å²) in [6, 6.07) is 7.48. The van der Waals surface area contributed by atoms with Gasteiger partial charge in [-0.05, 0) is 18.1 Å². The van der Waals surface area contributed by atoms with E-state index < -0.39 is 12.1 Å². The van der Waals surface area contributed by atoms with Crippen LogP contribution in [-0.4, -0.2) is 51.4 Å². The maximum atomic E-state index is 12.1. The fraction of sp³-hybridized carbons (Fsp3) is 0.375. The van der Waals surface area contributed by atoms with Gasteiger partial charge in [-0.25, -0.2) is 9.59 Å². The Kier molecular flexibility index (Phi) is 5.04. The van der Waals surface area contributed by atoms with E-state index in [9.17, 15) is 9.59 Å². The van der Waals surface area contributed by atoms with Crippen molar-refractivity contribution in [3.05, 3.63) is 35.4 Å². The van der Waals surface area contributed by atoms with Crippen molar-refractivity contribution in [1.29, 1.82) is 0 Å². The normalized spacial score (nSPS) is 14.6. The van der Waals surface area contributed by atoms with E-state index in [4.69, 9.17) is 14.2 Å². The fourth-order valence-electron chi connectivity index (χ4n) is 2.55. The van der Waals surface area contributed by atoms with Gasteiger partial charge in [0, 0.05) is 12.1 Å². The predicted octanol–water partition coefficient (Wildman–Crippen LogP) is 2.09. The minimum absolute atomic E-state index is 0.159. The highest BCUT2D eigenvalue weighted by atomic mass is 16.5. The Labute approximate surface area is 129 Å². The summed E-state index contributed by atoms with van der Waals surface area (Å²) in [7, 11) is 4.23. The maximum Gasteiger partial charge on any atom is 0.409 e. The first-order valence-electron chi connectivity index (χ1n) is 6.89. The molecule has 0 fully saturated rings. The number of nitrogens with zero attached hydrogens (tertiary/aromatic N) is 1. The van der Waals surface area contributed by atoms with Crippen LogP contribution < -0.4 is 4.74 Å². The van der Waals surface area contributed by atoms with Crippen LogP contribution in [0.15, 0.2) is 29.8 Å². The molecule has 1 aromatic carbocycles. The molecule has 0 saturated heterocycles. The van der Waals surface area contributed by atoms with E-state index in [1.165, 1.54) is 19.1 Å². The SMILES string of the molecule is COC(=O)C1=C(c2ccccc2OC)CCN(C(=O)OC)C1. The molecule has 0 bridgehead atoms. The zero-order valence-electron chi connectivity index (χ0n) is 12.9. The van der Waals surface area contributed by atoms with Crippen LogP contribution >= 0.6 is 0 Å². The number of esters is 1. The van der Waals surface area contributed by atoms with Gasteiger partial charge in [0.25, 0.3) is 0 Å². The number of rotatable bonds is 3. The van der Waals surface area contributed by atoms with Crippen molar-refractivity contribution in [1.82, 2.24) is 4.90 Å². The molecule has 118 valence electrons. The average molecular weight is 305 g/mol. The molecule has 6 heteroatoms. The molecule has 1 aromatic rings. The summed E-state index contributed by atoms with van der Waals surface area (Å²) in [6.07, 6.45) is 0.0698. The first-order valence-corrected chi connectivity index (χ1v) is 6.89. The molecular weight excluding hydrogens is 286 g/mol. The van der Waals surface area contributed by atoms with Crippen molar-refractivity contribution in [3.8, 4) is 5.75 Å². The standard InChI is InChI=1S/C16H19NO5/c1-20-14-7-5-4-6-12(14)11-8-9-17(16(19)22-3)10-13(11)15(18)21-2/h4-7H,8-10H2,1-3H3. The number of carbonyl (C=O) groups excluding carboxylic acids is 2. The molecule has 1 aliphatic rings. The second kappa shape index (κ2) is 6.98. The lowest BCUT2D eigenvalue weighted by atomic mass is 9.93. The van der Waals surface area contributed by atoms with Crippen LogP contribution in [0.1, 0.15) is 12.0 Å². The van der Waals surface area contributed by atoms with Crippen LogP contribution in [0.25, 0.3) is 5.57 Å². The number of para-hydroxylation sites is 1. The Bertz CT molecular complexity index is 608. The Morgan fingerprint density at radius 1 is 1.09 bits per heavy atom. The number of carbonyl (C=O) groups is 2. The van der Waals surface area contributed by atoms with Crippen LogP contribution in [0.5, 0.6) is 5.75 Å². The van der Waals surface area contributed by atoms with Gasteiger partial charge in [0.1, 0.15) is 5.75 Å². The number of hydrogen-bond donors (Lipinski definition) is 0. The van der Waals surface area contributed by atoms with Crippen LogP contribution in [0.4, 0.5) is 4.79 Å². The minimum Gasteiger partial charge on any atom is -0.496 e.